The van der Waals surface area contributed by atoms with Crippen LogP contribution in [-0.4, -0.2) is 34.3 Å². The van der Waals surface area contributed by atoms with E-state index in [1.807, 2.05) is 32.1 Å². The van der Waals surface area contributed by atoms with Gasteiger partial charge in [-0.15, -0.1) is 0 Å². The van der Waals surface area contributed by atoms with Gasteiger partial charge in [0.2, 0.25) is 0 Å². The molecule has 0 aromatic heterocycles. The number of alkyl halides is 2. The number of aliphatic hydroxyl groups excluding tert-OH is 2. The molecule has 0 aromatic rings. The molecular formula is C19H26F2O2. The molecule has 2 N–H and O–H groups in total. The third-order valence-electron chi connectivity index (χ3n) is 7.71. The molecule has 1 unspecified atom stereocenters. The first kappa shape index (κ1) is 15.8. The third kappa shape index (κ3) is 1.80. The Morgan fingerprint density at radius 3 is 2.52 bits per heavy atom. The van der Waals surface area contributed by atoms with E-state index in [1.165, 1.54) is 0 Å². The summed E-state index contributed by atoms with van der Waals surface area (Å²) in [6, 6.07) is 0. The Balaban J connectivity index is 1.78. The second-order valence-electron chi connectivity index (χ2n) is 8.63. The topological polar surface area (TPSA) is 40.5 Å². The maximum atomic E-state index is 16.3. The standard InChI is InChI=1S/C19H26F2O2/c1-17-7-8-19(21)13(14(17)10-15(20)16(17)23)4-3-11-9-12(22)5-6-18(11,19)2/h3-6,11-16,22-23H,7-10H2,1-2H3/t11?,12-,13+,14+,15-,16+,17+,18+,19+/m1/s1. The van der Waals surface area contributed by atoms with Gasteiger partial charge < -0.3 is 10.2 Å². The van der Waals surface area contributed by atoms with Crippen LogP contribution >= 0.6 is 0 Å². The van der Waals surface area contributed by atoms with Crippen LogP contribution in [0.1, 0.15) is 39.5 Å². The number of fused-ring (bicyclic) bond motifs is 5. The van der Waals surface area contributed by atoms with Gasteiger partial charge in [-0.05, 0) is 37.5 Å². The van der Waals surface area contributed by atoms with Crippen molar-refractivity contribution in [2.45, 2.75) is 63.6 Å². The third-order valence-corrected chi connectivity index (χ3v) is 7.71. The van der Waals surface area contributed by atoms with E-state index in [0.717, 1.165) is 0 Å². The van der Waals surface area contributed by atoms with Crippen LogP contribution in [-0.2, 0) is 0 Å². The molecule has 0 aromatic carbocycles. The number of rotatable bonds is 0. The highest BCUT2D eigenvalue weighted by Gasteiger charge is 2.67. The van der Waals surface area contributed by atoms with E-state index in [1.54, 1.807) is 6.08 Å². The summed E-state index contributed by atoms with van der Waals surface area (Å²) in [4.78, 5) is 0. The summed E-state index contributed by atoms with van der Waals surface area (Å²) in [6.07, 6.45) is 6.38. The second-order valence-corrected chi connectivity index (χ2v) is 8.63. The van der Waals surface area contributed by atoms with Gasteiger partial charge in [0, 0.05) is 16.7 Å². The fraction of sp³-hybridized carbons (Fsp3) is 0.789. The lowest BCUT2D eigenvalue weighted by Gasteiger charge is -2.59. The maximum absolute atomic E-state index is 16.3. The van der Waals surface area contributed by atoms with Crippen molar-refractivity contribution in [2.24, 2.45) is 28.6 Å². The molecule has 23 heavy (non-hydrogen) atoms. The van der Waals surface area contributed by atoms with E-state index >= 15 is 4.39 Å². The molecule has 2 fully saturated rings. The molecule has 0 amide bonds. The van der Waals surface area contributed by atoms with Crippen LogP contribution in [0.3, 0.4) is 0 Å². The van der Waals surface area contributed by atoms with Crippen LogP contribution in [0.15, 0.2) is 24.3 Å². The molecule has 4 aliphatic carbocycles. The SMILES string of the molecule is C[C@]12CC[C@]3(F)[C@@H](C=CC4C[C@H](O)C=C[C@@]43C)[C@@H]1C[C@@H](F)[C@@H]2O. The molecule has 0 heterocycles. The van der Waals surface area contributed by atoms with Gasteiger partial charge in [0.1, 0.15) is 11.8 Å². The van der Waals surface area contributed by atoms with Gasteiger partial charge in [-0.1, -0.05) is 38.2 Å². The van der Waals surface area contributed by atoms with E-state index in [0.29, 0.717) is 19.3 Å². The Morgan fingerprint density at radius 1 is 1.04 bits per heavy atom. The lowest BCUT2D eigenvalue weighted by atomic mass is 9.47. The predicted octanol–water partition coefficient (Wildman–Crippen LogP) is 3.34. The van der Waals surface area contributed by atoms with Crippen molar-refractivity contribution in [3.05, 3.63) is 24.3 Å². The highest BCUT2D eigenvalue weighted by atomic mass is 19.1. The zero-order valence-electron chi connectivity index (χ0n) is 13.8. The molecule has 2 nitrogen and oxygen atoms in total. The second kappa shape index (κ2) is 4.66. The molecule has 4 rings (SSSR count). The lowest BCUT2D eigenvalue weighted by molar-refractivity contribution is -0.137. The van der Waals surface area contributed by atoms with Gasteiger partial charge in [0.05, 0.1) is 12.2 Å². The van der Waals surface area contributed by atoms with Crippen molar-refractivity contribution in [3.8, 4) is 0 Å². The highest BCUT2D eigenvalue weighted by Crippen LogP contribution is 2.66. The first-order valence-corrected chi connectivity index (χ1v) is 8.79. The Hall–Kier alpha value is -0.740. The number of allylic oxidation sites excluding steroid dienone is 3. The molecule has 4 heteroatoms. The summed E-state index contributed by atoms with van der Waals surface area (Å²) >= 11 is 0. The quantitative estimate of drug-likeness (QED) is 0.671. The fourth-order valence-corrected chi connectivity index (χ4v) is 6.01. The highest BCUT2D eigenvalue weighted by molar-refractivity contribution is 5.30. The summed E-state index contributed by atoms with van der Waals surface area (Å²) in [5.41, 5.74) is -2.63. The summed E-state index contributed by atoms with van der Waals surface area (Å²) in [6.45, 7) is 3.86. The summed E-state index contributed by atoms with van der Waals surface area (Å²) in [5, 5.41) is 20.2. The van der Waals surface area contributed by atoms with Crippen molar-refractivity contribution in [2.75, 3.05) is 0 Å². The molecule has 128 valence electrons. The average molecular weight is 324 g/mol. The molecule has 9 atom stereocenters. The van der Waals surface area contributed by atoms with Crippen molar-refractivity contribution < 1.29 is 19.0 Å². The molecule has 0 radical (unpaired) electrons. The zero-order chi connectivity index (χ0) is 16.6. The number of hydrogen-bond donors (Lipinski definition) is 2. The van der Waals surface area contributed by atoms with Gasteiger partial charge >= 0.3 is 0 Å². The Morgan fingerprint density at radius 2 is 1.78 bits per heavy atom. The van der Waals surface area contributed by atoms with Crippen molar-refractivity contribution in [1.29, 1.82) is 0 Å². The van der Waals surface area contributed by atoms with Gasteiger partial charge in [0.15, 0.2) is 0 Å². The van der Waals surface area contributed by atoms with Gasteiger partial charge in [-0.3, -0.25) is 0 Å². The zero-order valence-corrected chi connectivity index (χ0v) is 13.8. The summed E-state index contributed by atoms with van der Waals surface area (Å²) in [7, 11) is 0. The fourth-order valence-electron chi connectivity index (χ4n) is 6.01. The lowest BCUT2D eigenvalue weighted by Crippen LogP contribution is -2.61. The molecule has 0 bridgehead atoms. The van der Waals surface area contributed by atoms with E-state index in [2.05, 4.69) is 0 Å². The minimum Gasteiger partial charge on any atom is -0.390 e. The van der Waals surface area contributed by atoms with E-state index in [-0.39, 0.29) is 24.2 Å². The molecule has 4 aliphatic rings. The molecule has 0 saturated heterocycles. The minimum atomic E-state index is -1.43. The number of hydrogen-bond acceptors (Lipinski definition) is 2. The van der Waals surface area contributed by atoms with Crippen LogP contribution in [0.25, 0.3) is 0 Å². The van der Waals surface area contributed by atoms with Crippen LogP contribution < -0.4 is 0 Å². The number of halogens is 2. The van der Waals surface area contributed by atoms with Crippen LogP contribution in [0.4, 0.5) is 8.78 Å². The van der Waals surface area contributed by atoms with Gasteiger partial charge in [0.25, 0.3) is 0 Å². The van der Waals surface area contributed by atoms with Crippen LogP contribution in [0.5, 0.6) is 0 Å². The smallest absolute Gasteiger partial charge is 0.127 e. The normalized spacial score (nSPS) is 61.0. The summed E-state index contributed by atoms with van der Waals surface area (Å²) < 4.78 is 30.5. The molecule has 0 spiro atoms. The van der Waals surface area contributed by atoms with Crippen LogP contribution in [0.2, 0.25) is 0 Å². The Labute approximate surface area is 136 Å². The number of aliphatic hydroxyl groups is 2. The van der Waals surface area contributed by atoms with E-state index < -0.39 is 34.9 Å². The summed E-state index contributed by atoms with van der Waals surface area (Å²) in [5.74, 6) is -0.557. The Bertz CT molecular complexity index is 576. The first-order valence-electron chi connectivity index (χ1n) is 8.79. The molecule has 0 aliphatic heterocycles. The minimum absolute atomic E-state index is 0.0272. The van der Waals surface area contributed by atoms with Gasteiger partial charge in [-0.2, -0.15) is 0 Å². The van der Waals surface area contributed by atoms with Crippen LogP contribution in [0, 0.1) is 28.6 Å². The van der Waals surface area contributed by atoms with Gasteiger partial charge in [-0.25, -0.2) is 8.78 Å². The van der Waals surface area contributed by atoms with Crippen molar-refractivity contribution in [1.82, 2.24) is 0 Å². The van der Waals surface area contributed by atoms with E-state index in [4.69, 9.17) is 0 Å². The maximum Gasteiger partial charge on any atom is 0.127 e. The average Bonchev–Trinajstić information content (AvgIpc) is 2.73. The molecule has 2 saturated carbocycles. The molecular weight excluding hydrogens is 298 g/mol. The predicted molar refractivity (Wildman–Crippen MR) is 84.2 cm³/mol. The monoisotopic (exact) mass is 324 g/mol. The Kier molecular flexibility index (Phi) is 3.20. The largest absolute Gasteiger partial charge is 0.390 e. The first-order chi connectivity index (χ1) is 10.7. The van der Waals surface area contributed by atoms with E-state index in [9.17, 15) is 14.6 Å². The van der Waals surface area contributed by atoms with Crippen molar-refractivity contribution in [3.63, 3.8) is 0 Å². The van der Waals surface area contributed by atoms with Crippen molar-refractivity contribution >= 4 is 0 Å².